The number of carbonyl (C=O) groups is 1. The topological polar surface area (TPSA) is 29.1 Å². The summed E-state index contributed by atoms with van der Waals surface area (Å²) in [5, 5.41) is 6.08. The Morgan fingerprint density at radius 1 is 1.24 bits per heavy atom. The predicted octanol–water partition coefficient (Wildman–Crippen LogP) is 4.32. The van der Waals surface area contributed by atoms with Crippen molar-refractivity contribution in [2.24, 2.45) is 5.92 Å². The van der Waals surface area contributed by atoms with Crippen molar-refractivity contribution >= 4 is 16.6 Å². The Bertz CT molecular complexity index is 662. The Hall–Kier alpha value is -1.67. The minimum Gasteiger partial charge on any atom is -0.310 e. The van der Waals surface area contributed by atoms with Gasteiger partial charge < -0.3 is 5.32 Å². The molecule has 3 rings (SSSR count). The van der Waals surface area contributed by atoms with Crippen LogP contribution in [0.25, 0.3) is 10.8 Å². The van der Waals surface area contributed by atoms with Gasteiger partial charge in [0.1, 0.15) is 0 Å². The molecule has 0 saturated heterocycles. The van der Waals surface area contributed by atoms with Gasteiger partial charge >= 0.3 is 0 Å². The van der Waals surface area contributed by atoms with Gasteiger partial charge in [0.25, 0.3) is 0 Å². The molecule has 2 bridgehead atoms. The van der Waals surface area contributed by atoms with Gasteiger partial charge in [-0.1, -0.05) is 50.6 Å². The molecule has 0 radical (unpaired) electrons. The summed E-state index contributed by atoms with van der Waals surface area (Å²) in [7, 11) is 0. The molecule has 0 fully saturated rings. The van der Waals surface area contributed by atoms with Crippen LogP contribution in [0, 0.1) is 5.92 Å². The second kappa shape index (κ2) is 5.98. The Morgan fingerprint density at radius 2 is 2.10 bits per heavy atom. The highest BCUT2D eigenvalue weighted by atomic mass is 16.1. The van der Waals surface area contributed by atoms with Crippen molar-refractivity contribution in [3.8, 4) is 0 Å². The molecule has 0 unspecified atom stereocenters. The van der Waals surface area contributed by atoms with Crippen LogP contribution in [0.15, 0.2) is 36.4 Å². The first-order chi connectivity index (χ1) is 10.2. The lowest BCUT2D eigenvalue weighted by Crippen LogP contribution is -2.32. The monoisotopic (exact) mass is 281 g/mol. The van der Waals surface area contributed by atoms with E-state index in [-0.39, 0.29) is 11.7 Å². The van der Waals surface area contributed by atoms with Crippen LogP contribution in [-0.4, -0.2) is 11.8 Å². The molecule has 1 N–H and O–H groups in total. The highest BCUT2D eigenvalue weighted by Crippen LogP contribution is 2.25. The number of hydrogen-bond acceptors (Lipinski definition) is 2. The van der Waals surface area contributed by atoms with Gasteiger partial charge in [-0.25, -0.2) is 0 Å². The summed E-state index contributed by atoms with van der Waals surface area (Å²) in [6.07, 6.45) is 3.20. The largest absolute Gasteiger partial charge is 0.310 e. The van der Waals surface area contributed by atoms with Gasteiger partial charge in [-0.05, 0) is 35.2 Å². The molecule has 110 valence electrons. The van der Waals surface area contributed by atoms with Crippen LogP contribution in [0.3, 0.4) is 0 Å². The molecule has 2 heteroatoms. The van der Waals surface area contributed by atoms with E-state index in [4.69, 9.17) is 0 Å². The van der Waals surface area contributed by atoms with E-state index < -0.39 is 0 Å². The minimum absolute atomic E-state index is 0.0803. The number of nitrogens with one attached hydrogen (secondary N) is 1. The number of fused-ring (bicyclic) bond motifs is 1. The molecule has 0 saturated carbocycles. The van der Waals surface area contributed by atoms with Gasteiger partial charge in [-0.3, -0.25) is 4.79 Å². The van der Waals surface area contributed by atoms with Crippen molar-refractivity contribution in [2.45, 2.75) is 45.7 Å². The zero-order valence-corrected chi connectivity index (χ0v) is 12.9. The summed E-state index contributed by atoms with van der Waals surface area (Å²) < 4.78 is 0. The molecule has 2 aromatic carbocycles. The lowest BCUT2D eigenvalue weighted by molar-refractivity contribution is 0.0915. The van der Waals surface area contributed by atoms with E-state index in [1.165, 1.54) is 16.3 Å². The third kappa shape index (κ3) is 2.86. The molecule has 0 aliphatic carbocycles. The van der Waals surface area contributed by atoms with Gasteiger partial charge in [0.15, 0.2) is 5.78 Å². The van der Waals surface area contributed by atoms with Gasteiger partial charge in [0, 0.05) is 24.1 Å². The maximum atomic E-state index is 12.6. The van der Waals surface area contributed by atoms with Crippen LogP contribution in [0.2, 0.25) is 0 Å². The van der Waals surface area contributed by atoms with E-state index >= 15 is 0 Å². The van der Waals surface area contributed by atoms with Crippen molar-refractivity contribution in [1.82, 2.24) is 5.32 Å². The molecule has 1 aliphatic heterocycles. The first-order valence-corrected chi connectivity index (χ1v) is 7.98. The Balaban J connectivity index is 2.08. The van der Waals surface area contributed by atoms with Crippen LogP contribution in [-0.2, 0) is 6.54 Å². The fourth-order valence-corrected chi connectivity index (χ4v) is 3.37. The maximum Gasteiger partial charge on any atom is 0.165 e. The van der Waals surface area contributed by atoms with Crippen molar-refractivity contribution < 1.29 is 4.79 Å². The number of hydrogen-bond donors (Lipinski definition) is 1. The number of ketones is 1. The van der Waals surface area contributed by atoms with E-state index in [0.717, 1.165) is 31.4 Å². The quantitative estimate of drug-likeness (QED) is 0.888. The summed E-state index contributed by atoms with van der Waals surface area (Å²) in [6.45, 7) is 5.15. The Kier molecular flexibility index (Phi) is 4.07. The van der Waals surface area contributed by atoms with E-state index in [1.54, 1.807) is 0 Å². The number of benzene rings is 2. The second-order valence-electron chi connectivity index (χ2n) is 6.22. The zero-order valence-electron chi connectivity index (χ0n) is 12.9. The summed E-state index contributed by atoms with van der Waals surface area (Å²) in [5.74, 6) is 0.355. The van der Waals surface area contributed by atoms with Crippen LogP contribution in [0.4, 0.5) is 0 Å². The lowest BCUT2D eigenvalue weighted by atomic mass is 9.89. The van der Waals surface area contributed by atoms with Crippen molar-refractivity contribution in [3.63, 3.8) is 0 Å². The number of rotatable bonds is 2. The SMILES string of the molecule is CCC[C@@H]1C[C@@H](C)C(=O)c2ccc3cccc(c3c2)CN1. The Morgan fingerprint density at radius 3 is 2.90 bits per heavy atom. The molecule has 2 atom stereocenters. The predicted molar refractivity (Wildman–Crippen MR) is 87.6 cm³/mol. The molecule has 0 spiro atoms. The average Bonchev–Trinajstić information content (AvgIpc) is 2.50. The lowest BCUT2D eigenvalue weighted by Gasteiger charge is -2.23. The summed E-state index contributed by atoms with van der Waals surface area (Å²) >= 11 is 0. The molecule has 21 heavy (non-hydrogen) atoms. The number of Topliss-reactive ketones (excluding diaryl/α,β-unsaturated/α-hetero) is 1. The van der Waals surface area contributed by atoms with Crippen molar-refractivity contribution in [2.75, 3.05) is 0 Å². The Labute approximate surface area is 126 Å². The molecule has 2 aromatic rings. The van der Waals surface area contributed by atoms with E-state index in [2.05, 4.69) is 49.5 Å². The third-order valence-electron chi connectivity index (χ3n) is 4.56. The normalized spacial score (nSPS) is 22.7. The van der Waals surface area contributed by atoms with Crippen LogP contribution < -0.4 is 5.32 Å². The molecule has 0 amide bonds. The molecular formula is C19H23NO. The first-order valence-electron chi connectivity index (χ1n) is 7.98. The zero-order chi connectivity index (χ0) is 14.8. The van der Waals surface area contributed by atoms with E-state index in [0.29, 0.717) is 6.04 Å². The van der Waals surface area contributed by atoms with E-state index in [1.807, 2.05) is 6.07 Å². The van der Waals surface area contributed by atoms with Crippen LogP contribution in [0.1, 0.15) is 49.0 Å². The summed E-state index contributed by atoms with van der Waals surface area (Å²) in [4.78, 5) is 12.6. The molecule has 1 aliphatic rings. The first kappa shape index (κ1) is 14.3. The smallest absolute Gasteiger partial charge is 0.165 e. The molecule has 1 heterocycles. The van der Waals surface area contributed by atoms with Crippen molar-refractivity contribution in [1.29, 1.82) is 0 Å². The fraction of sp³-hybridized carbons (Fsp3) is 0.421. The van der Waals surface area contributed by atoms with Crippen LogP contribution in [0.5, 0.6) is 0 Å². The average molecular weight is 281 g/mol. The van der Waals surface area contributed by atoms with Gasteiger partial charge in [0.05, 0.1) is 0 Å². The highest BCUT2D eigenvalue weighted by molar-refractivity contribution is 6.01. The van der Waals surface area contributed by atoms with Gasteiger partial charge in [-0.15, -0.1) is 0 Å². The highest BCUT2D eigenvalue weighted by Gasteiger charge is 2.21. The second-order valence-corrected chi connectivity index (χ2v) is 6.22. The third-order valence-corrected chi connectivity index (χ3v) is 4.56. The summed E-state index contributed by atoms with van der Waals surface area (Å²) in [5.41, 5.74) is 2.15. The maximum absolute atomic E-state index is 12.6. The van der Waals surface area contributed by atoms with E-state index in [9.17, 15) is 4.79 Å². The standard InChI is InChI=1S/C19H23NO/c1-3-5-17-10-13(2)19(21)15-9-8-14-6-4-7-16(12-20-17)18(14)11-15/h4,6-9,11,13,17,20H,3,5,10,12H2,1-2H3/t13-,17-/m1/s1. The minimum atomic E-state index is 0.0803. The van der Waals surface area contributed by atoms with Gasteiger partial charge in [0.2, 0.25) is 0 Å². The molecular weight excluding hydrogens is 258 g/mol. The molecule has 2 nitrogen and oxygen atoms in total. The fourth-order valence-electron chi connectivity index (χ4n) is 3.37. The molecule has 0 aromatic heterocycles. The summed E-state index contributed by atoms with van der Waals surface area (Å²) in [6, 6.07) is 12.9. The van der Waals surface area contributed by atoms with Crippen molar-refractivity contribution in [3.05, 3.63) is 47.5 Å². The van der Waals surface area contributed by atoms with Crippen LogP contribution >= 0.6 is 0 Å². The van der Waals surface area contributed by atoms with Gasteiger partial charge in [-0.2, -0.15) is 0 Å². The number of carbonyl (C=O) groups excluding carboxylic acids is 1.